The molecule has 30 heavy (non-hydrogen) atoms. The van der Waals surface area contributed by atoms with E-state index in [0.717, 1.165) is 36.9 Å². The fourth-order valence-electron chi connectivity index (χ4n) is 4.14. The highest BCUT2D eigenvalue weighted by atomic mass is 16.5. The SMILES string of the molecule is Cc1cc(=O)oc(C)c1C(=O)OCC(=O)Nc1c(C#N)c(C)c(C)n1C1CCCC1. The summed E-state index contributed by atoms with van der Waals surface area (Å²) in [7, 11) is 0. The van der Waals surface area contributed by atoms with Gasteiger partial charge in [0.25, 0.3) is 5.91 Å². The van der Waals surface area contributed by atoms with E-state index in [-0.39, 0.29) is 17.4 Å². The van der Waals surface area contributed by atoms with Crippen molar-refractivity contribution >= 4 is 17.7 Å². The lowest BCUT2D eigenvalue weighted by Gasteiger charge is -2.19. The first-order valence-corrected chi connectivity index (χ1v) is 9.94. The van der Waals surface area contributed by atoms with Gasteiger partial charge in [0.1, 0.15) is 23.2 Å². The molecule has 0 aliphatic heterocycles. The van der Waals surface area contributed by atoms with Crippen molar-refractivity contribution in [2.24, 2.45) is 0 Å². The van der Waals surface area contributed by atoms with E-state index < -0.39 is 24.1 Å². The number of ether oxygens (including phenoxy) is 1. The second-order valence-electron chi connectivity index (χ2n) is 7.66. The Balaban J connectivity index is 1.77. The van der Waals surface area contributed by atoms with Gasteiger partial charge in [-0.1, -0.05) is 12.8 Å². The van der Waals surface area contributed by atoms with Crippen LogP contribution in [0.1, 0.15) is 70.2 Å². The van der Waals surface area contributed by atoms with Crippen LogP contribution < -0.4 is 10.9 Å². The zero-order chi connectivity index (χ0) is 22.0. The molecular weight excluding hydrogens is 386 g/mol. The second-order valence-corrected chi connectivity index (χ2v) is 7.66. The number of nitriles is 1. The lowest BCUT2D eigenvalue weighted by Crippen LogP contribution is -2.24. The lowest BCUT2D eigenvalue weighted by atomic mass is 10.1. The fraction of sp³-hybridized carbons (Fsp3) is 0.455. The number of rotatable bonds is 5. The number of hydrogen-bond acceptors (Lipinski definition) is 6. The summed E-state index contributed by atoms with van der Waals surface area (Å²) in [6.07, 6.45) is 4.21. The summed E-state index contributed by atoms with van der Waals surface area (Å²) in [4.78, 5) is 36.3. The van der Waals surface area contributed by atoms with E-state index in [9.17, 15) is 19.6 Å². The molecule has 8 heteroatoms. The van der Waals surface area contributed by atoms with Crippen molar-refractivity contribution in [2.45, 2.75) is 59.4 Å². The van der Waals surface area contributed by atoms with Crippen LogP contribution in [0.5, 0.6) is 0 Å². The van der Waals surface area contributed by atoms with Gasteiger partial charge in [-0.3, -0.25) is 4.79 Å². The molecule has 1 saturated carbocycles. The maximum atomic E-state index is 12.5. The van der Waals surface area contributed by atoms with E-state index in [2.05, 4.69) is 11.4 Å². The number of nitrogens with zero attached hydrogens (tertiary/aromatic N) is 2. The summed E-state index contributed by atoms with van der Waals surface area (Å²) < 4.78 is 12.1. The zero-order valence-corrected chi connectivity index (χ0v) is 17.6. The molecule has 8 nitrogen and oxygen atoms in total. The predicted molar refractivity (Wildman–Crippen MR) is 109 cm³/mol. The molecule has 1 amide bonds. The minimum absolute atomic E-state index is 0.126. The number of amides is 1. The normalized spacial score (nSPS) is 13.8. The van der Waals surface area contributed by atoms with Gasteiger partial charge < -0.3 is 19.0 Å². The van der Waals surface area contributed by atoms with Gasteiger partial charge in [0, 0.05) is 17.8 Å². The van der Waals surface area contributed by atoms with Crippen LogP contribution in [0.25, 0.3) is 0 Å². The van der Waals surface area contributed by atoms with Crippen molar-refractivity contribution in [2.75, 3.05) is 11.9 Å². The van der Waals surface area contributed by atoms with Crippen molar-refractivity contribution < 1.29 is 18.7 Å². The monoisotopic (exact) mass is 411 g/mol. The Hall–Kier alpha value is -3.34. The smallest absolute Gasteiger partial charge is 0.342 e. The van der Waals surface area contributed by atoms with Gasteiger partial charge in [-0.15, -0.1) is 0 Å². The van der Waals surface area contributed by atoms with Crippen molar-refractivity contribution in [1.82, 2.24) is 4.57 Å². The Morgan fingerprint density at radius 2 is 1.93 bits per heavy atom. The van der Waals surface area contributed by atoms with E-state index in [0.29, 0.717) is 16.9 Å². The van der Waals surface area contributed by atoms with Gasteiger partial charge >= 0.3 is 11.6 Å². The van der Waals surface area contributed by atoms with E-state index in [4.69, 9.17) is 9.15 Å². The van der Waals surface area contributed by atoms with E-state index in [1.54, 1.807) is 6.92 Å². The Kier molecular flexibility index (Phi) is 6.11. The van der Waals surface area contributed by atoms with Crippen LogP contribution in [0, 0.1) is 39.0 Å². The number of carbonyl (C=O) groups is 2. The molecule has 1 fully saturated rings. The second kappa shape index (κ2) is 8.57. The number of nitrogens with one attached hydrogen (secondary N) is 1. The Labute approximate surface area is 174 Å². The molecule has 0 spiro atoms. The molecule has 0 bridgehead atoms. The molecule has 0 atom stereocenters. The Morgan fingerprint density at radius 3 is 2.53 bits per heavy atom. The third-order valence-corrected chi connectivity index (χ3v) is 5.69. The highest BCUT2D eigenvalue weighted by molar-refractivity contribution is 5.97. The average Bonchev–Trinajstić information content (AvgIpc) is 3.27. The van der Waals surface area contributed by atoms with Gasteiger partial charge in [-0.05, 0) is 51.7 Å². The van der Waals surface area contributed by atoms with E-state index in [1.807, 2.05) is 18.4 Å². The first-order valence-electron chi connectivity index (χ1n) is 9.94. The first-order chi connectivity index (χ1) is 14.2. The number of esters is 1. The van der Waals surface area contributed by atoms with Crippen molar-refractivity contribution in [3.05, 3.63) is 50.2 Å². The molecule has 2 aromatic heterocycles. The molecule has 0 radical (unpaired) electrons. The molecule has 3 rings (SSSR count). The van der Waals surface area contributed by atoms with Gasteiger partial charge in [-0.2, -0.15) is 5.26 Å². The van der Waals surface area contributed by atoms with E-state index >= 15 is 0 Å². The molecule has 1 aliphatic rings. The van der Waals surface area contributed by atoms with Crippen LogP contribution in [0.15, 0.2) is 15.3 Å². The summed E-state index contributed by atoms with van der Waals surface area (Å²) in [5, 5.41) is 12.4. The highest BCUT2D eigenvalue weighted by Gasteiger charge is 2.27. The number of aromatic nitrogens is 1. The highest BCUT2D eigenvalue weighted by Crippen LogP contribution is 2.37. The first kappa shape index (κ1) is 21.4. The minimum atomic E-state index is -0.747. The van der Waals surface area contributed by atoms with Crippen LogP contribution in [-0.4, -0.2) is 23.1 Å². The zero-order valence-electron chi connectivity index (χ0n) is 17.6. The Morgan fingerprint density at radius 1 is 1.27 bits per heavy atom. The molecule has 1 aliphatic carbocycles. The van der Waals surface area contributed by atoms with Crippen LogP contribution in [0.4, 0.5) is 5.82 Å². The maximum absolute atomic E-state index is 12.5. The average molecular weight is 411 g/mol. The van der Waals surface area contributed by atoms with Crippen molar-refractivity contribution in [3.63, 3.8) is 0 Å². The fourth-order valence-corrected chi connectivity index (χ4v) is 4.14. The van der Waals surface area contributed by atoms with Crippen LogP contribution >= 0.6 is 0 Å². The largest absolute Gasteiger partial charge is 0.452 e. The number of anilines is 1. The molecule has 2 heterocycles. The summed E-state index contributed by atoms with van der Waals surface area (Å²) in [5.41, 5.74) is 2.21. The molecule has 1 N–H and O–H groups in total. The molecule has 158 valence electrons. The molecule has 0 aromatic carbocycles. The lowest BCUT2D eigenvalue weighted by molar-refractivity contribution is -0.119. The Bertz CT molecular complexity index is 1070. The predicted octanol–water partition coefficient (Wildman–Crippen LogP) is 3.46. The topological polar surface area (TPSA) is 114 Å². The summed E-state index contributed by atoms with van der Waals surface area (Å²) in [6, 6.07) is 3.61. The summed E-state index contributed by atoms with van der Waals surface area (Å²) in [6.45, 7) is 6.38. The van der Waals surface area contributed by atoms with Crippen LogP contribution in [0.3, 0.4) is 0 Å². The summed E-state index contributed by atoms with van der Waals surface area (Å²) >= 11 is 0. The minimum Gasteiger partial charge on any atom is -0.452 e. The van der Waals surface area contributed by atoms with Crippen LogP contribution in [0.2, 0.25) is 0 Å². The van der Waals surface area contributed by atoms with Crippen molar-refractivity contribution in [3.8, 4) is 6.07 Å². The van der Waals surface area contributed by atoms with E-state index in [1.165, 1.54) is 13.0 Å². The third-order valence-electron chi connectivity index (χ3n) is 5.69. The van der Waals surface area contributed by atoms with Crippen molar-refractivity contribution in [1.29, 1.82) is 5.26 Å². The molecular formula is C22H25N3O5. The number of hydrogen-bond donors (Lipinski definition) is 1. The van der Waals surface area contributed by atoms with Crippen LogP contribution in [-0.2, 0) is 9.53 Å². The number of aryl methyl sites for hydroxylation is 2. The van der Waals surface area contributed by atoms with Gasteiger partial charge in [0.15, 0.2) is 6.61 Å². The standard InChI is InChI=1S/C22H25N3O5/c1-12-9-19(27)30-15(4)20(12)22(28)29-11-18(26)24-21-17(10-23)13(2)14(3)25(21)16-7-5-6-8-16/h9,16H,5-8,11H2,1-4H3,(H,24,26). The third kappa shape index (κ3) is 4.01. The quantitative estimate of drug-likeness (QED) is 0.754. The maximum Gasteiger partial charge on any atom is 0.342 e. The molecule has 2 aromatic rings. The van der Waals surface area contributed by atoms with Gasteiger partial charge in [0.05, 0.1) is 5.56 Å². The molecule has 0 unspecified atom stereocenters. The summed E-state index contributed by atoms with van der Waals surface area (Å²) in [5.74, 6) is -0.690. The van der Waals surface area contributed by atoms with Gasteiger partial charge in [-0.25, -0.2) is 9.59 Å². The molecule has 0 saturated heterocycles. The number of carbonyl (C=O) groups excluding carboxylic acids is 2. The van der Waals surface area contributed by atoms with Gasteiger partial charge in [0.2, 0.25) is 0 Å².